The Morgan fingerprint density at radius 1 is 1.34 bits per heavy atom. The molecule has 2 N–H and O–H groups in total. The number of nitrogens with zero attached hydrogens (tertiary/aromatic N) is 3. The van der Waals surface area contributed by atoms with Crippen molar-refractivity contribution in [1.29, 1.82) is 0 Å². The Bertz CT molecular complexity index is 953. The number of rotatable bonds is 3. The van der Waals surface area contributed by atoms with Gasteiger partial charge in [0.25, 0.3) is 6.47 Å². The van der Waals surface area contributed by atoms with Crippen molar-refractivity contribution in [1.82, 2.24) is 19.7 Å². The number of likely N-dealkylation sites (tertiary alicyclic amines) is 1. The topological polar surface area (TPSA) is 110 Å². The van der Waals surface area contributed by atoms with Gasteiger partial charge in [0.2, 0.25) is 0 Å². The van der Waals surface area contributed by atoms with Gasteiger partial charge in [0, 0.05) is 25.2 Å². The number of aryl methyl sites for hydroxylation is 2. The monoisotopic (exact) mass is 402 g/mol. The van der Waals surface area contributed by atoms with E-state index in [0.717, 1.165) is 38.2 Å². The number of carboxylic acid groups (broad SMARTS) is 1. The molecule has 0 saturated carbocycles. The molecule has 1 spiro atoms. The summed E-state index contributed by atoms with van der Waals surface area (Å²) < 4.78 is 13.5. The van der Waals surface area contributed by atoms with E-state index in [4.69, 9.17) is 19.4 Å². The predicted molar refractivity (Wildman–Crippen MR) is 104 cm³/mol. The Hall–Kier alpha value is -2.65. The molecule has 29 heavy (non-hydrogen) atoms. The molecule has 0 amide bonds. The van der Waals surface area contributed by atoms with Crippen LogP contribution in [-0.4, -0.2) is 57.0 Å². The van der Waals surface area contributed by atoms with Gasteiger partial charge in [-0.3, -0.25) is 14.3 Å². The van der Waals surface area contributed by atoms with Crippen LogP contribution in [0, 0.1) is 0 Å². The van der Waals surface area contributed by atoms with Crippen LogP contribution in [-0.2, 0) is 42.1 Å². The summed E-state index contributed by atoms with van der Waals surface area (Å²) in [6.45, 7) is 3.37. The highest BCUT2D eigenvalue weighted by atomic mass is 16.5. The number of carbonyl (C=O) groups is 1. The Labute approximate surface area is 168 Å². The molecule has 1 aliphatic carbocycles. The van der Waals surface area contributed by atoms with Crippen LogP contribution >= 0.6 is 0 Å². The van der Waals surface area contributed by atoms with Crippen LogP contribution in [0.2, 0.25) is 0 Å². The van der Waals surface area contributed by atoms with E-state index < -0.39 is 0 Å². The van der Waals surface area contributed by atoms with Crippen molar-refractivity contribution in [3.63, 3.8) is 0 Å². The van der Waals surface area contributed by atoms with Crippen molar-refractivity contribution >= 4 is 6.47 Å². The number of hydrogen-bond acceptors (Lipinski definition) is 6. The molecule has 1 atom stereocenters. The van der Waals surface area contributed by atoms with Gasteiger partial charge in [-0.1, -0.05) is 6.07 Å². The number of nitrogens with one attached hydrogen (secondary N) is 1. The van der Waals surface area contributed by atoms with Crippen LogP contribution < -0.4 is 10.4 Å². The van der Waals surface area contributed by atoms with E-state index in [9.17, 15) is 4.79 Å². The van der Waals surface area contributed by atoms with Gasteiger partial charge in [-0.2, -0.15) is 5.10 Å². The standard InChI is InChI=1S/C19H24N4O3.CH2O2/c1-25-16-8-14-4-2-3-13(14)7-15(16)9-22-6-5-19(11-22)12-23-17(10-26-19)20-21-18(23)24;2-1-3/h7-8H,2-6,9-12H2,1H3,(H,21,24);1H,(H,2,3). The van der Waals surface area contributed by atoms with E-state index in [0.29, 0.717) is 19.0 Å². The first-order chi connectivity index (χ1) is 14.1. The summed E-state index contributed by atoms with van der Waals surface area (Å²) in [5.41, 5.74) is 3.73. The molecule has 0 bridgehead atoms. The lowest BCUT2D eigenvalue weighted by Gasteiger charge is -2.33. The van der Waals surface area contributed by atoms with Crippen LogP contribution in [0.5, 0.6) is 5.75 Å². The predicted octanol–water partition coefficient (Wildman–Crippen LogP) is 0.944. The van der Waals surface area contributed by atoms with Gasteiger partial charge < -0.3 is 14.6 Å². The molecule has 1 fully saturated rings. The summed E-state index contributed by atoms with van der Waals surface area (Å²) in [5, 5.41) is 13.4. The zero-order valence-corrected chi connectivity index (χ0v) is 16.5. The number of ether oxygens (including phenoxy) is 2. The molecule has 156 valence electrons. The minimum atomic E-state index is -0.287. The molecule has 5 rings (SSSR count). The van der Waals surface area contributed by atoms with Gasteiger partial charge in [-0.15, -0.1) is 0 Å². The summed E-state index contributed by atoms with van der Waals surface area (Å²) in [7, 11) is 1.75. The van der Waals surface area contributed by atoms with E-state index in [1.807, 2.05) is 0 Å². The van der Waals surface area contributed by atoms with Crippen LogP contribution in [0.3, 0.4) is 0 Å². The zero-order chi connectivity index (χ0) is 20.4. The maximum Gasteiger partial charge on any atom is 0.343 e. The number of aromatic nitrogens is 3. The summed E-state index contributed by atoms with van der Waals surface area (Å²) in [4.78, 5) is 22.7. The quantitative estimate of drug-likeness (QED) is 0.736. The van der Waals surface area contributed by atoms with E-state index >= 15 is 0 Å². The second kappa shape index (κ2) is 8.00. The average molecular weight is 402 g/mol. The highest BCUT2D eigenvalue weighted by Crippen LogP contribution is 2.35. The number of benzene rings is 1. The van der Waals surface area contributed by atoms with Gasteiger partial charge in [-0.05, 0) is 42.9 Å². The molecule has 2 aromatic rings. The fraction of sp³-hybridized carbons (Fsp3) is 0.550. The third kappa shape index (κ3) is 3.79. The lowest BCUT2D eigenvalue weighted by atomic mass is 10.0. The van der Waals surface area contributed by atoms with Crippen molar-refractivity contribution in [2.75, 3.05) is 20.2 Å². The molecule has 0 radical (unpaired) electrons. The molecule has 3 heterocycles. The lowest BCUT2D eigenvalue weighted by molar-refractivity contribution is -0.122. The third-order valence-electron chi connectivity index (χ3n) is 6.08. The highest BCUT2D eigenvalue weighted by Gasteiger charge is 2.43. The Balaban J connectivity index is 0.000000645. The molecular formula is C20H26N4O5. The van der Waals surface area contributed by atoms with Crippen LogP contribution in [0.15, 0.2) is 16.9 Å². The first-order valence-electron chi connectivity index (χ1n) is 9.84. The fourth-order valence-electron chi connectivity index (χ4n) is 4.69. The largest absolute Gasteiger partial charge is 0.496 e. The number of methoxy groups -OCH3 is 1. The van der Waals surface area contributed by atoms with Crippen molar-refractivity contribution in [3.05, 3.63) is 45.1 Å². The zero-order valence-electron chi connectivity index (χ0n) is 16.5. The van der Waals surface area contributed by atoms with Crippen LogP contribution in [0.1, 0.15) is 35.4 Å². The Morgan fingerprint density at radius 3 is 2.86 bits per heavy atom. The maximum absolute atomic E-state index is 11.9. The third-order valence-corrected chi connectivity index (χ3v) is 6.08. The molecule has 2 aliphatic heterocycles. The van der Waals surface area contributed by atoms with Crippen molar-refractivity contribution in [2.24, 2.45) is 0 Å². The normalized spacial score (nSPS) is 22.7. The second-order valence-corrected chi connectivity index (χ2v) is 7.86. The van der Waals surface area contributed by atoms with Gasteiger partial charge in [-0.25, -0.2) is 9.89 Å². The van der Waals surface area contributed by atoms with Gasteiger partial charge in [0.15, 0.2) is 5.82 Å². The number of hydrogen-bond donors (Lipinski definition) is 2. The van der Waals surface area contributed by atoms with E-state index in [1.165, 1.54) is 29.5 Å². The van der Waals surface area contributed by atoms with Crippen molar-refractivity contribution < 1.29 is 19.4 Å². The number of H-pyrrole nitrogens is 1. The lowest BCUT2D eigenvalue weighted by Crippen LogP contribution is -2.46. The average Bonchev–Trinajstić information content (AvgIpc) is 3.42. The molecular weight excluding hydrogens is 376 g/mol. The SMILES string of the molecule is COc1cc2c(cc1CN1CCC3(C1)Cn1c(n[nH]c1=O)CO3)CCC2.O=CO. The minimum Gasteiger partial charge on any atom is -0.496 e. The molecule has 9 nitrogen and oxygen atoms in total. The van der Waals surface area contributed by atoms with E-state index in [2.05, 4.69) is 27.2 Å². The molecule has 3 aliphatic rings. The second-order valence-electron chi connectivity index (χ2n) is 7.86. The number of fused-ring (bicyclic) bond motifs is 2. The van der Waals surface area contributed by atoms with Crippen LogP contribution in [0.4, 0.5) is 0 Å². The van der Waals surface area contributed by atoms with Crippen molar-refractivity contribution in [3.8, 4) is 5.75 Å². The molecule has 1 saturated heterocycles. The summed E-state index contributed by atoms with van der Waals surface area (Å²) in [6.07, 6.45) is 4.50. The highest BCUT2D eigenvalue weighted by molar-refractivity contribution is 5.44. The minimum absolute atomic E-state index is 0.138. The van der Waals surface area contributed by atoms with E-state index in [1.54, 1.807) is 11.7 Å². The van der Waals surface area contributed by atoms with Crippen LogP contribution in [0.25, 0.3) is 0 Å². The van der Waals surface area contributed by atoms with Gasteiger partial charge in [0.1, 0.15) is 18.0 Å². The van der Waals surface area contributed by atoms with Gasteiger partial charge >= 0.3 is 5.69 Å². The first kappa shape index (κ1) is 19.7. The fourth-order valence-corrected chi connectivity index (χ4v) is 4.69. The summed E-state index contributed by atoms with van der Waals surface area (Å²) >= 11 is 0. The molecule has 9 heteroatoms. The number of aromatic amines is 1. The Morgan fingerprint density at radius 2 is 2.10 bits per heavy atom. The summed E-state index contributed by atoms with van der Waals surface area (Å²) in [5.74, 6) is 1.68. The smallest absolute Gasteiger partial charge is 0.343 e. The Kier molecular flexibility index (Phi) is 5.42. The van der Waals surface area contributed by atoms with E-state index in [-0.39, 0.29) is 17.8 Å². The molecule has 1 aromatic carbocycles. The summed E-state index contributed by atoms with van der Waals surface area (Å²) in [6, 6.07) is 4.55. The molecule has 1 aromatic heterocycles. The van der Waals surface area contributed by atoms with Crippen molar-refractivity contribution in [2.45, 2.75) is 51.0 Å². The maximum atomic E-state index is 11.9. The van der Waals surface area contributed by atoms with Gasteiger partial charge in [0.05, 0.1) is 13.7 Å². The molecule has 1 unspecified atom stereocenters. The first-order valence-corrected chi connectivity index (χ1v) is 9.84.